The number of nitrogens with two attached hydrogens (primary N) is 1. The molecule has 3 N–H and O–H groups in total. The van der Waals surface area contributed by atoms with Crippen LogP contribution in [0.1, 0.15) is 52.9 Å². The summed E-state index contributed by atoms with van der Waals surface area (Å²) >= 11 is 0. The van der Waals surface area contributed by atoms with E-state index in [-0.39, 0.29) is 0 Å². The van der Waals surface area contributed by atoms with Gasteiger partial charge in [0.25, 0.3) is 0 Å². The van der Waals surface area contributed by atoms with Crippen LogP contribution in [0.3, 0.4) is 0 Å². The standard InChI is InChI=1S/C12H28N2O/c1-4-7-8-11(5-2)9-12(14-13)10-15-6-3/h11-12,14H,4-10,13H2,1-3H3. The predicted octanol–water partition coefficient (Wildman–Crippen LogP) is 2.46. The van der Waals surface area contributed by atoms with E-state index in [0.717, 1.165) is 25.6 Å². The molecule has 0 aromatic carbocycles. The first-order valence-corrected chi connectivity index (χ1v) is 6.32. The van der Waals surface area contributed by atoms with E-state index in [4.69, 9.17) is 10.6 Å². The molecule has 0 amide bonds. The van der Waals surface area contributed by atoms with Crippen molar-refractivity contribution in [2.24, 2.45) is 11.8 Å². The SMILES string of the molecule is CCCCC(CC)CC(COCC)NN. The number of hydrazine groups is 1. The molecule has 0 saturated heterocycles. The Morgan fingerprint density at radius 1 is 1.27 bits per heavy atom. The van der Waals surface area contributed by atoms with Crippen LogP contribution in [-0.2, 0) is 4.74 Å². The molecule has 3 nitrogen and oxygen atoms in total. The van der Waals surface area contributed by atoms with Gasteiger partial charge in [-0.3, -0.25) is 11.3 Å². The number of rotatable bonds is 10. The van der Waals surface area contributed by atoms with Gasteiger partial charge in [-0.25, -0.2) is 0 Å². The van der Waals surface area contributed by atoms with Crippen LogP contribution in [-0.4, -0.2) is 19.3 Å². The zero-order chi connectivity index (χ0) is 11.5. The fourth-order valence-corrected chi connectivity index (χ4v) is 1.83. The van der Waals surface area contributed by atoms with Gasteiger partial charge in [0.2, 0.25) is 0 Å². The van der Waals surface area contributed by atoms with Gasteiger partial charge in [0, 0.05) is 12.6 Å². The van der Waals surface area contributed by atoms with E-state index < -0.39 is 0 Å². The second-order valence-electron chi connectivity index (χ2n) is 4.18. The molecule has 0 aromatic heterocycles. The van der Waals surface area contributed by atoms with Crippen molar-refractivity contribution in [2.45, 2.75) is 58.9 Å². The van der Waals surface area contributed by atoms with E-state index in [1.807, 2.05) is 6.92 Å². The maximum absolute atomic E-state index is 5.52. The normalized spacial score (nSPS) is 15.2. The van der Waals surface area contributed by atoms with Gasteiger partial charge in [0.15, 0.2) is 0 Å². The van der Waals surface area contributed by atoms with E-state index in [1.54, 1.807) is 0 Å². The fraction of sp³-hybridized carbons (Fsp3) is 1.00. The van der Waals surface area contributed by atoms with Gasteiger partial charge in [-0.2, -0.15) is 0 Å². The predicted molar refractivity (Wildman–Crippen MR) is 65.5 cm³/mol. The molecular weight excluding hydrogens is 188 g/mol. The molecule has 0 radical (unpaired) electrons. The van der Waals surface area contributed by atoms with Crippen LogP contribution in [0.2, 0.25) is 0 Å². The number of hydrogen-bond acceptors (Lipinski definition) is 3. The Morgan fingerprint density at radius 3 is 2.47 bits per heavy atom. The van der Waals surface area contributed by atoms with Gasteiger partial charge < -0.3 is 4.74 Å². The van der Waals surface area contributed by atoms with Gasteiger partial charge in [0.1, 0.15) is 0 Å². The van der Waals surface area contributed by atoms with Crippen LogP contribution in [0.15, 0.2) is 0 Å². The highest BCUT2D eigenvalue weighted by atomic mass is 16.5. The van der Waals surface area contributed by atoms with Crippen LogP contribution in [0.4, 0.5) is 0 Å². The highest BCUT2D eigenvalue weighted by Crippen LogP contribution is 2.18. The van der Waals surface area contributed by atoms with E-state index in [1.165, 1.54) is 25.7 Å². The van der Waals surface area contributed by atoms with Gasteiger partial charge >= 0.3 is 0 Å². The first-order valence-electron chi connectivity index (χ1n) is 6.32. The summed E-state index contributed by atoms with van der Waals surface area (Å²) in [6.07, 6.45) is 6.29. The van der Waals surface area contributed by atoms with Crippen LogP contribution >= 0.6 is 0 Å². The smallest absolute Gasteiger partial charge is 0.0633 e. The van der Waals surface area contributed by atoms with Crippen molar-refractivity contribution in [2.75, 3.05) is 13.2 Å². The highest BCUT2D eigenvalue weighted by molar-refractivity contribution is 4.69. The van der Waals surface area contributed by atoms with E-state index >= 15 is 0 Å². The van der Waals surface area contributed by atoms with Crippen LogP contribution in [0.5, 0.6) is 0 Å². The molecule has 3 heteroatoms. The van der Waals surface area contributed by atoms with Crippen LogP contribution in [0.25, 0.3) is 0 Å². The minimum absolute atomic E-state index is 0.312. The van der Waals surface area contributed by atoms with Crippen LogP contribution in [0, 0.1) is 5.92 Å². The molecule has 15 heavy (non-hydrogen) atoms. The van der Waals surface area contributed by atoms with Crippen molar-refractivity contribution >= 4 is 0 Å². The average molecular weight is 216 g/mol. The number of unbranched alkanes of at least 4 members (excludes halogenated alkanes) is 1. The molecule has 2 atom stereocenters. The quantitative estimate of drug-likeness (QED) is 0.435. The minimum atomic E-state index is 0.312. The van der Waals surface area contributed by atoms with Crippen molar-refractivity contribution in [3.05, 3.63) is 0 Å². The van der Waals surface area contributed by atoms with Crippen molar-refractivity contribution in [3.63, 3.8) is 0 Å². The fourth-order valence-electron chi connectivity index (χ4n) is 1.83. The Balaban J connectivity index is 3.77. The second-order valence-corrected chi connectivity index (χ2v) is 4.18. The number of nitrogens with one attached hydrogen (secondary N) is 1. The Hall–Kier alpha value is -0.120. The summed E-state index contributed by atoms with van der Waals surface area (Å²) in [5.74, 6) is 6.30. The molecule has 0 aromatic rings. The Labute approximate surface area is 94.7 Å². The maximum atomic E-state index is 5.52. The van der Waals surface area contributed by atoms with Crippen LogP contribution < -0.4 is 11.3 Å². The average Bonchev–Trinajstić information content (AvgIpc) is 2.28. The third-order valence-corrected chi connectivity index (χ3v) is 2.92. The largest absolute Gasteiger partial charge is 0.380 e. The van der Waals surface area contributed by atoms with Gasteiger partial charge in [-0.15, -0.1) is 0 Å². The van der Waals surface area contributed by atoms with Gasteiger partial charge in [-0.05, 0) is 19.3 Å². The lowest BCUT2D eigenvalue weighted by Crippen LogP contribution is -2.40. The summed E-state index contributed by atoms with van der Waals surface area (Å²) in [5.41, 5.74) is 2.85. The minimum Gasteiger partial charge on any atom is -0.380 e. The lowest BCUT2D eigenvalue weighted by Gasteiger charge is -2.21. The first-order chi connectivity index (χ1) is 7.28. The summed E-state index contributed by atoms with van der Waals surface area (Å²) in [4.78, 5) is 0. The molecule has 0 rings (SSSR count). The molecule has 2 unspecified atom stereocenters. The molecule has 0 aliphatic carbocycles. The molecule has 0 heterocycles. The van der Waals surface area contributed by atoms with Gasteiger partial charge in [0.05, 0.1) is 6.61 Å². The molecular formula is C12H28N2O. The van der Waals surface area contributed by atoms with E-state index in [0.29, 0.717) is 6.04 Å². The lowest BCUT2D eigenvalue weighted by molar-refractivity contribution is 0.113. The summed E-state index contributed by atoms with van der Waals surface area (Å²) in [6.45, 7) is 8.02. The molecule has 0 saturated carbocycles. The molecule has 0 aliphatic heterocycles. The first kappa shape index (κ1) is 14.9. The summed E-state index contributed by atoms with van der Waals surface area (Å²) in [6, 6.07) is 0.312. The Morgan fingerprint density at radius 2 is 2.00 bits per heavy atom. The third kappa shape index (κ3) is 7.77. The van der Waals surface area contributed by atoms with Crippen molar-refractivity contribution in [1.82, 2.24) is 5.43 Å². The summed E-state index contributed by atoms with van der Waals surface area (Å²) < 4.78 is 5.39. The molecule has 92 valence electrons. The molecule has 0 aliphatic rings. The van der Waals surface area contributed by atoms with Crippen molar-refractivity contribution in [1.29, 1.82) is 0 Å². The summed E-state index contributed by atoms with van der Waals surface area (Å²) in [5, 5.41) is 0. The Bertz CT molecular complexity index is 117. The molecule has 0 spiro atoms. The lowest BCUT2D eigenvalue weighted by atomic mass is 9.92. The number of hydrogen-bond donors (Lipinski definition) is 2. The summed E-state index contributed by atoms with van der Waals surface area (Å²) in [7, 11) is 0. The third-order valence-electron chi connectivity index (χ3n) is 2.92. The topological polar surface area (TPSA) is 47.3 Å². The monoisotopic (exact) mass is 216 g/mol. The van der Waals surface area contributed by atoms with Crippen molar-refractivity contribution < 1.29 is 4.74 Å². The highest BCUT2D eigenvalue weighted by Gasteiger charge is 2.13. The zero-order valence-electron chi connectivity index (χ0n) is 10.6. The molecule has 0 fully saturated rings. The van der Waals surface area contributed by atoms with Gasteiger partial charge in [-0.1, -0.05) is 39.5 Å². The maximum Gasteiger partial charge on any atom is 0.0633 e. The molecule has 0 bridgehead atoms. The van der Waals surface area contributed by atoms with E-state index in [9.17, 15) is 0 Å². The van der Waals surface area contributed by atoms with E-state index in [2.05, 4.69) is 19.3 Å². The zero-order valence-corrected chi connectivity index (χ0v) is 10.6. The van der Waals surface area contributed by atoms with Crippen molar-refractivity contribution in [3.8, 4) is 0 Å². The second kappa shape index (κ2) is 10.4. The Kier molecular flexibility index (Phi) is 10.3. The number of ether oxygens (including phenoxy) is 1.